The fraction of sp³-hybridized carbons (Fsp3) is 0. The van der Waals surface area contributed by atoms with Crippen molar-refractivity contribution in [2.24, 2.45) is 0 Å². The predicted octanol–water partition coefficient (Wildman–Crippen LogP) is 5.62. The third-order valence-electron chi connectivity index (χ3n) is 4.52. The van der Waals surface area contributed by atoms with Crippen LogP contribution in [-0.2, 0) is 0 Å². The van der Waals surface area contributed by atoms with Gasteiger partial charge >= 0.3 is 0 Å². The maximum Gasteiger partial charge on any atom is 0.294 e. The van der Waals surface area contributed by atoms with Crippen LogP contribution in [0, 0.1) is 10.1 Å². The minimum absolute atomic E-state index is 0.0417. The lowest BCUT2D eigenvalue weighted by Crippen LogP contribution is -2.14. The highest BCUT2D eigenvalue weighted by Gasteiger charge is 2.23. The number of nitrogens with one attached hydrogen (secondary N) is 1. The number of aromatic hydroxyl groups is 1. The zero-order valence-electron chi connectivity index (χ0n) is 14.3. The Kier molecular flexibility index (Phi) is 4.44. The Hall–Kier alpha value is -3.45. The van der Waals surface area contributed by atoms with Gasteiger partial charge in [0.2, 0.25) is 0 Å². The number of nitro benzene ring substituents is 1. The number of nitro groups is 1. The van der Waals surface area contributed by atoms with E-state index in [-0.39, 0.29) is 22.7 Å². The number of anilines is 1. The Labute approximate surface area is 167 Å². The van der Waals surface area contributed by atoms with Crippen LogP contribution < -0.4 is 5.32 Å². The first-order valence-electron chi connectivity index (χ1n) is 8.34. The molecular weight excluding hydrogens is 424 g/mol. The zero-order chi connectivity index (χ0) is 19.8. The number of carbonyl (C=O) groups excluding carboxylic acids is 1. The molecule has 0 atom stereocenters. The highest BCUT2D eigenvalue weighted by molar-refractivity contribution is 9.10. The van der Waals surface area contributed by atoms with Crippen LogP contribution in [0.25, 0.3) is 21.5 Å². The normalized spacial score (nSPS) is 10.9. The summed E-state index contributed by atoms with van der Waals surface area (Å²) in [6.45, 7) is 0. The molecule has 138 valence electrons. The van der Waals surface area contributed by atoms with E-state index in [1.807, 2.05) is 24.3 Å². The number of halogens is 1. The van der Waals surface area contributed by atoms with Crippen LogP contribution in [0.4, 0.5) is 11.4 Å². The minimum Gasteiger partial charge on any atom is -0.507 e. The van der Waals surface area contributed by atoms with Gasteiger partial charge in [-0.2, -0.15) is 0 Å². The van der Waals surface area contributed by atoms with Gasteiger partial charge < -0.3 is 10.4 Å². The van der Waals surface area contributed by atoms with Gasteiger partial charge in [-0.05, 0) is 44.2 Å². The van der Waals surface area contributed by atoms with E-state index in [0.29, 0.717) is 9.86 Å². The summed E-state index contributed by atoms with van der Waals surface area (Å²) >= 11 is 3.34. The fourth-order valence-corrected chi connectivity index (χ4v) is 3.75. The lowest BCUT2D eigenvalue weighted by molar-refractivity contribution is -0.383. The summed E-state index contributed by atoms with van der Waals surface area (Å²) in [4.78, 5) is 23.9. The monoisotopic (exact) mass is 436 g/mol. The number of fused-ring (bicyclic) bond motifs is 2. The summed E-state index contributed by atoms with van der Waals surface area (Å²) in [5, 5.41) is 27.3. The van der Waals surface area contributed by atoms with E-state index >= 15 is 0 Å². The topological polar surface area (TPSA) is 92.5 Å². The molecular formula is C21H13BrN2O4. The van der Waals surface area contributed by atoms with Crippen LogP contribution in [0.3, 0.4) is 0 Å². The van der Waals surface area contributed by atoms with E-state index in [1.54, 1.807) is 30.3 Å². The molecule has 0 aliphatic carbocycles. The van der Waals surface area contributed by atoms with Gasteiger partial charge in [-0.25, -0.2) is 0 Å². The van der Waals surface area contributed by atoms with Crippen LogP contribution in [0.2, 0.25) is 0 Å². The van der Waals surface area contributed by atoms with E-state index in [9.17, 15) is 20.0 Å². The molecule has 4 aromatic rings. The zero-order valence-corrected chi connectivity index (χ0v) is 15.9. The predicted molar refractivity (Wildman–Crippen MR) is 112 cm³/mol. The maximum atomic E-state index is 12.9. The molecule has 1 amide bonds. The lowest BCUT2D eigenvalue weighted by Gasteiger charge is -2.12. The Balaban J connectivity index is 1.85. The third-order valence-corrected chi connectivity index (χ3v) is 5.17. The van der Waals surface area contributed by atoms with Gasteiger partial charge in [-0.1, -0.05) is 48.5 Å². The van der Waals surface area contributed by atoms with E-state index in [0.717, 1.165) is 16.2 Å². The number of benzene rings is 4. The molecule has 0 saturated carbocycles. The van der Waals surface area contributed by atoms with Gasteiger partial charge in [0.15, 0.2) is 0 Å². The molecule has 0 aliphatic heterocycles. The van der Waals surface area contributed by atoms with Gasteiger partial charge in [-0.3, -0.25) is 14.9 Å². The van der Waals surface area contributed by atoms with Crippen LogP contribution >= 0.6 is 15.9 Å². The van der Waals surface area contributed by atoms with Crippen LogP contribution in [-0.4, -0.2) is 15.9 Å². The van der Waals surface area contributed by atoms with Crippen molar-refractivity contribution in [3.8, 4) is 5.75 Å². The Morgan fingerprint density at radius 1 is 0.964 bits per heavy atom. The van der Waals surface area contributed by atoms with Crippen LogP contribution in [0.15, 0.2) is 71.2 Å². The Morgan fingerprint density at radius 2 is 1.57 bits per heavy atom. The molecule has 7 heteroatoms. The summed E-state index contributed by atoms with van der Waals surface area (Å²) in [5.41, 5.74) is -0.111. The SMILES string of the molecule is O=C(Nc1c([N+](=O)[O-])cc(Br)c2ccccc12)c1cc2ccccc2cc1O. The molecule has 0 unspecified atom stereocenters. The van der Waals surface area contributed by atoms with E-state index in [4.69, 9.17) is 0 Å². The molecule has 0 radical (unpaired) electrons. The van der Waals surface area contributed by atoms with Gasteiger partial charge in [0.05, 0.1) is 10.5 Å². The summed E-state index contributed by atoms with van der Waals surface area (Å²) in [5.74, 6) is -0.820. The Bertz CT molecular complexity index is 1270. The molecule has 0 fully saturated rings. The highest BCUT2D eigenvalue weighted by atomic mass is 79.9. The summed E-state index contributed by atoms with van der Waals surface area (Å²) in [7, 11) is 0. The summed E-state index contributed by atoms with van der Waals surface area (Å²) in [6.07, 6.45) is 0. The van der Waals surface area contributed by atoms with E-state index < -0.39 is 10.8 Å². The second kappa shape index (κ2) is 6.94. The fourth-order valence-electron chi connectivity index (χ4n) is 3.18. The molecule has 28 heavy (non-hydrogen) atoms. The molecule has 2 N–H and O–H groups in total. The summed E-state index contributed by atoms with van der Waals surface area (Å²) < 4.78 is 0.557. The first-order chi connectivity index (χ1) is 13.5. The number of nitrogens with zero attached hydrogens (tertiary/aromatic N) is 1. The number of hydrogen-bond acceptors (Lipinski definition) is 4. The van der Waals surface area contributed by atoms with Crippen LogP contribution in [0.5, 0.6) is 5.75 Å². The number of amides is 1. The summed E-state index contributed by atoms with van der Waals surface area (Å²) in [6, 6.07) is 18.8. The molecule has 4 rings (SSSR count). The number of rotatable bonds is 3. The lowest BCUT2D eigenvalue weighted by atomic mass is 10.0. The van der Waals surface area contributed by atoms with Gasteiger partial charge in [-0.15, -0.1) is 0 Å². The van der Waals surface area contributed by atoms with E-state index in [2.05, 4.69) is 21.2 Å². The standard InChI is InChI=1S/C21H13BrN2O4/c22-17-11-18(24(27)28)20(15-8-4-3-7-14(15)17)23-21(26)16-9-12-5-1-2-6-13(12)10-19(16)25/h1-11,25H,(H,23,26). The second-order valence-electron chi connectivity index (χ2n) is 6.23. The van der Waals surface area contributed by atoms with Crippen molar-refractivity contribution in [2.75, 3.05) is 5.32 Å². The molecule has 0 bridgehead atoms. The average Bonchev–Trinajstić information content (AvgIpc) is 2.69. The molecule has 0 heterocycles. The van der Waals surface area contributed by atoms with Gasteiger partial charge in [0, 0.05) is 15.9 Å². The number of phenols is 1. The van der Waals surface area contributed by atoms with Gasteiger partial charge in [0.1, 0.15) is 11.4 Å². The van der Waals surface area contributed by atoms with Crippen molar-refractivity contribution >= 4 is 54.8 Å². The molecule has 6 nitrogen and oxygen atoms in total. The average molecular weight is 437 g/mol. The van der Waals surface area contributed by atoms with E-state index in [1.165, 1.54) is 12.1 Å². The van der Waals surface area contributed by atoms with Crippen molar-refractivity contribution in [3.63, 3.8) is 0 Å². The number of hydrogen-bond donors (Lipinski definition) is 2. The largest absolute Gasteiger partial charge is 0.507 e. The van der Waals surface area contributed by atoms with Crippen LogP contribution in [0.1, 0.15) is 10.4 Å². The highest BCUT2D eigenvalue weighted by Crippen LogP contribution is 2.38. The van der Waals surface area contributed by atoms with Crippen molar-refractivity contribution in [2.45, 2.75) is 0 Å². The molecule has 4 aromatic carbocycles. The third kappa shape index (κ3) is 3.05. The maximum absolute atomic E-state index is 12.9. The molecule has 0 saturated heterocycles. The smallest absolute Gasteiger partial charge is 0.294 e. The van der Waals surface area contributed by atoms with Gasteiger partial charge in [0.25, 0.3) is 11.6 Å². The number of phenolic OH excluding ortho intramolecular Hbond substituents is 1. The molecule has 0 aliphatic rings. The quantitative estimate of drug-likeness (QED) is 0.321. The molecule has 0 aromatic heterocycles. The van der Waals surface area contributed by atoms with Crippen molar-refractivity contribution in [1.82, 2.24) is 0 Å². The van der Waals surface area contributed by atoms with Crippen molar-refractivity contribution in [3.05, 3.63) is 86.9 Å². The number of carbonyl (C=O) groups is 1. The van der Waals surface area contributed by atoms with Crippen molar-refractivity contribution < 1.29 is 14.8 Å². The second-order valence-corrected chi connectivity index (χ2v) is 7.08. The Morgan fingerprint density at radius 3 is 2.25 bits per heavy atom. The molecule has 0 spiro atoms. The first kappa shape index (κ1) is 17.9. The minimum atomic E-state index is -0.626. The van der Waals surface area contributed by atoms with Crippen molar-refractivity contribution in [1.29, 1.82) is 0 Å². The first-order valence-corrected chi connectivity index (χ1v) is 9.14.